The Hall–Kier alpha value is -2.19. The van der Waals surface area contributed by atoms with E-state index in [1.807, 2.05) is 0 Å². The average molecular weight is 452 g/mol. The Morgan fingerprint density at radius 2 is 0.871 bits per heavy atom. The molecule has 4 nitrogen and oxygen atoms in total. The zero-order valence-corrected chi connectivity index (χ0v) is 17.5. The second-order valence-corrected chi connectivity index (χ2v) is 7.51. The SMILES string of the molecule is O=C(O)CCCCCCCCCCCCCCC(=O)Oc1c(F)c(F)c(F)c(F)c1F. The van der Waals surface area contributed by atoms with Gasteiger partial charge in [0.1, 0.15) is 0 Å². The number of benzene rings is 1. The van der Waals surface area contributed by atoms with Crippen molar-refractivity contribution in [3.05, 3.63) is 29.1 Å². The number of rotatable bonds is 16. The molecule has 9 heteroatoms. The summed E-state index contributed by atoms with van der Waals surface area (Å²) < 4.78 is 70.4. The maximum absolute atomic E-state index is 13.5. The summed E-state index contributed by atoms with van der Waals surface area (Å²) in [5.41, 5.74) is 0. The summed E-state index contributed by atoms with van der Waals surface area (Å²) >= 11 is 0. The van der Waals surface area contributed by atoms with E-state index in [0.717, 1.165) is 64.2 Å². The van der Waals surface area contributed by atoms with Gasteiger partial charge in [0, 0.05) is 12.8 Å². The normalized spacial score (nSPS) is 11.0. The van der Waals surface area contributed by atoms with Gasteiger partial charge in [-0.05, 0) is 12.8 Å². The number of hydrogen-bond acceptors (Lipinski definition) is 3. The maximum atomic E-state index is 13.5. The van der Waals surface area contributed by atoms with Gasteiger partial charge in [0.05, 0.1) is 0 Å². The first-order valence-corrected chi connectivity index (χ1v) is 10.7. The first-order chi connectivity index (χ1) is 14.8. The van der Waals surface area contributed by atoms with Crippen LogP contribution in [0.25, 0.3) is 0 Å². The molecule has 0 aliphatic carbocycles. The van der Waals surface area contributed by atoms with Gasteiger partial charge in [-0.15, -0.1) is 0 Å². The molecule has 0 aliphatic heterocycles. The van der Waals surface area contributed by atoms with Crippen molar-refractivity contribution in [2.45, 2.75) is 89.9 Å². The van der Waals surface area contributed by atoms with Gasteiger partial charge in [0.15, 0.2) is 0 Å². The number of carboxylic acids is 1. The van der Waals surface area contributed by atoms with Crippen LogP contribution in [0.15, 0.2) is 0 Å². The quantitative estimate of drug-likeness (QED) is 0.0745. The summed E-state index contributed by atoms with van der Waals surface area (Å²) in [6, 6.07) is 0. The molecule has 1 N–H and O–H groups in total. The van der Waals surface area contributed by atoms with Gasteiger partial charge in [-0.25, -0.2) is 13.2 Å². The van der Waals surface area contributed by atoms with Gasteiger partial charge < -0.3 is 9.84 Å². The van der Waals surface area contributed by atoms with Crippen molar-refractivity contribution in [1.82, 2.24) is 0 Å². The standard InChI is InChI=1S/C22H29F5O4/c23-17-18(24)20(26)22(21(27)19(17)25)31-16(30)14-12-10-8-6-4-2-1-3-5-7-9-11-13-15(28)29/h1-14H2,(H,28,29). The molecule has 0 unspecified atom stereocenters. The highest BCUT2D eigenvalue weighted by Gasteiger charge is 2.28. The summed E-state index contributed by atoms with van der Waals surface area (Å²) in [4.78, 5) is 22.0. The van der Waals surface area contributed by atoms with E-state index in [-0.39, 0.29) is 12.8 Å². The third-order valence-electron chi connectivity index (χ3n) is 4.91. The van der Waals surface area contributed by atoms with Crippen molar-refractivity contribution in [3.63, 3.8) is 0 Å². The van der Waals surface area contributed by atoms with Crippen molar-refractivity contribution in [2.24, 2.45) is 0 Å². The lowest BCUT2D eigenvalue weighted by atomic mass is 10.0. The van der Waals surface area contributed by atoms with Crippen LogP contribution in [0.4, 0.5) is 22.0 Å². The van der Waals surface area contributed by atoms with Crippen molar-refractivity contribution in [2.75, 3.05) is 0 Å². The summed E-state index contributed by atoms with van der Waals surface area (Å²) in [6.07, 6.45) is 11.2. The van der Waals surface area contributed by atoms with Crippen LogP contribution >= 0.6 is 0 Å². The molecule has 0 aliphatic rings. The molecular weight excluding hydrogens is 423 g/mol. The number of ether oxygens (including phenoxy) is 1. The van der Waals surface area contributed by atoms with E-state index in [2.05, 4.69) is 4.74 Å². The third-order valence-corrected chi connectivity index (χ3v) is 4.91. The van der Waals surface area contributed by atoms with Crippen LogP contribution < -0.4 is 4.74 Å². The van der Waals surface area contributed by atoms with E-state index in [0.29, 0.717) is 12.8 Å². The zero-order chi connectivity index (χ0) is 23.2. The molecule has 1 aromatic rings. The minimum Gasteiger partial charge on any atom is -0.481 e. The summed E-state index contributed by atoms with van der Waals surface area (Å²) in [5.74, 6) is -14.3. The molecule has 0 spiro atoms. The molecule has 0 bridgehead atoms. The molecule has 0 fully saturated rings. The predicted molar refractivity (Wildman–Crippen MR) is 104 cm³/mol. The number of esters is 1. The lowest BCUT2D eigenvalue weighted by Crippen LogP contribution is -2.13. The van der Waals surface area contributed by atoms with E-state index >= 15 is 0 Å². The molecule has 0 aromatic heterocycles. The van der Waals surface area contributed by atoms with Crippen LogP contribution in [-0.4, -0.2) is 17.0 Å². The molecule has 1 rings (SSSR count). The third kappa shape index (κ3) is 10.1. The average Bonchev–Trinajstić information content (AvgIpc) is 2.74. The largest absolute Gasteiger partial charge is 0.481 e. The van der Waals surface area contributed by atoms with E-state index in [9.17, 15) is 31.5 Å². The predicted octanol–water partition coefficient (Wildman–Crippen LogP) is 6.83. The number of carboxylic acid groups (broad SMARTS) is 1. The van der Waals surface area contributed by atoms with Crippen molar-refractivity contribution in [3.8, 4) is 5.75 Å². The summed E-state index contributed by atoms with van der Waals surface area (Å²) in [6.45, 7) is 0. The minimum atomic E-state index is -2.30. The number of hydrogen-bond donors (Lipinski definition) is 1. The van der Waals surface area contributed by atoms with Crippen molar-refractivity contribution < 1.29 is 41.4 Å². The topological polar surface area (TPSA) is 63.6 Å². The second-order valence-electron chi connectivity index (χ2n) is 7.51. The second kappa shape index (κ2) is 14.8. The number of halogens is 5. The van der Waals surface area contributed by atoms with E-state index in [1.54, 1.807) is 0 Å². The van der Waals surface area contributed by atoms with Gasteiger partial charge in [-0.1, -0.05) is 64.2 Å². The zero-order valence-electron chi connectivity index (χ0n) is 17.5. The van der Waals surface area contributed by atoms with Crippen molar-refractivity contribution in [1.29, 1.82) is 0 Å². The Morgan fingerprint density at radius 1 is 0.548 bits per heavy atom. The molecule has 176 valence electrons. The lowest BCUT2D eigenvalue weighted by Gasteiger charge is -2.08. The van der Waals surface area contributed by atoms with Gasteiger partial charge in [0.2, 0.25) is 34.8 Å². The Balaban J connectivity index is 2.07. The first-order valence-electron chi connectivity index (χ1n) is 10.7. The lowest BCUT2D eigenvalue weighted by molar-refractivity contribution is -0.137. The molecule has 1 aromatic carbocycles. The van der Waals surface area contributed by atoms with Crippen LogP contribution in [0.1, 0.15) is 89.9 Å². The molecule has 0 heterocycles. The molecule has 0 saturated carbocycles. The summed E-state index contributed by atoms with van der Waals surface area (Å²) in [5, 5.41) is 8.54. The highest BCUT2D eigenvalue weighted by Crippen LogP contribution is 2.29. The van der Waals surface area contributed by atoms with Crippen LogP contribution in [0.3, 0.4) is 0 Å². The smallest absolute Gasteiger partial charge is 0.311 e. The van der Waals surface area contributed by atoms with Gasteiger partial charge >= 0.3 is 11.9 Å². The number of carbonyl (C=O) groups is 2. The number of aliphatic carboxylic acids is 1. The molecular formula is C22H29F5O4. The number of unbranched alkanes of at least 4 members (excludes halogenated alkanes) is 11. The Kier molecular flexibility index (Phi) is 12.8. The van der Waals surface area contributed by atoms with E-state index in [4.69, 9.17) is 5.11 Å². The first kappa shape index (κ1) is 26.8. The molecule has 0 radical (unpaired) electrons. The summed E-state index contributed by atoms with van der Waals surface area (Å²) in [7, 11) is 0. The Labute approximate surface area is 178 Å². The van der Waals surface area contributed by atoms with Crippen LogP contribution in [0, 0.1) is 29.1 Å². The van der Waals surface area contributed by atoms with Crippen LogP contribution in [0.5, 0.6) is 5.75 Å². The molecule has 0 amide bonds. The van der Waals surface area contributed by atoms with Crippen LogP contribution in [-0.2, 0) is 9.59 Å². The monoisotopic (exact) mass is 452 g/mol. The Morgan fingerprint density at radius 3 is 1.26 bits per heavy atom. The fourth-order valence-corrected chi connectivity index (χ4v) is 3.15. The maximum Gasteiger partial charge on any atom is 0.311 e. The molecule has 31 heavy (non-hydrogen) atoms. The van der Waals surface area contributed by atoms with Gasteiger partial charge in [0.25, 0.3) is 0 Å². The highest BCUT2D eigenvalue weighted by atomic mass is 19.2. The molecule has 0 atom stereocenters. The van der Waals surface area contributed by atoms with Gasteiger partial charge in [-0.3, -0.25) is 9.59 Å². The fourth-order valence-electron chi connectivity index (χ4n) is 3.15. The number of carbonyl (C=O) groups excluding carboxylic acids is 1. The molecule has 0 saturated heterocycles. The van der Waals surface area contributed by atoms with Crippen LogP contribution in [0.2, 0.25) is 0 Å². The highest BCUT2D eigenvalue weighted by molar-refractivity contribution is 5.72. The van der Waals surface area contributed by atoms with Crippen molar-refractivity contribution >= 4 is 11.9 Å². The van der Waals surface area contributed by atoms with E-state index < -0.39 is 46.8 Å². The fraction of sp³-hybridized carbons (Fsp3) is 0.636. The minimum absolute atomic E-state index is 0.179. The van der Waals surface area contributed by atoms with E-state index in [1.165, 1.54) is 0 Å². The van der Waals surface area contributed by atoms with Gasteiger partial charge in [-0.2, -0.15) is 8.78 Å². The Bertz CT molecular complexity index is 695.